The number of hydrogen-bond donors (Lipinski definition) is 2. The van der Waals surface area contributed by atoms with Crippen LogP contribution in [0.5, 0.6) is 0 Å². The van der Waals surface area contributed by atoms with Crippen LogP contribution >= 0.6 is 23.2 Å². The second kappa shape index (κ2) is 11.7. The van der Waals surface area contributed by atoms with E-state index < -0.39 is 5.66 Å². The van der Waals surface area contributed by atoms with Crippen LogP contribution in [0.25, 0.3) is 49.5 Å². The molecule has 48 heavy (non-hydrogen) atoms. The minimum atomic E-state index is -1.39. The lowest BCUT2D eigenvalue weighted by Crippen LogP contribution is -2.37. The molecule has 8 rings (SSSR count). The first-order valence-electron chi connectivity index (χ1n) is 15.5. The van der Waals surface area contributed by atoms with Gasteiger partial charge >= 0.3 is 0 Å². The summed E-state index contributed by atoms with van der Waals surface area (Å²) in [6, 6.07) is 43.6. The van der Waals surface area contributed by atoms with Crippen LogP contribution < -0.4 is 11.5 Å². The summed E-state index contributed by atoms with van der Waals surface area (Å²) in [7, 11) is 0. The van der Waals surface area contributed by atoms with Gasteiger partial charge in [-0.2, -0.15) is 0 Å². The third-order valence-electron chi connectivity index (χ3n) is 8.93. The van der Waals surface area contributed by atoms with Gasteiger partial charge in [-0.05, 0) is 71.1 Å². The fraction of sp³-hybridized carbons (Fsp3) is 0.0244. The van der Waals surface area contributed by atoms with Gasteiger partial charge in [0.05, 0.1) is 22.3 Å². The molecule has 4 N–H and O–H groups in total. The topological polar surface area (TPSA) is 81.7 Å². The van der Waals surface area contributed by atoms with Crippen molar-refractivity contribution in [2.45, 2.75) is 5.66 Å². The molecule has 7 heteroatoms. The van der Waals surface area contributed by atoms with Gasteiger partial charge in [-0.25, -0.2) is 4.98 Å². The van der Waals surface area contributed by atoms with E-state index in [1.54, 1.807) is 6.08 Å². The molecule has 1 unspecified atom stereocenters. The molecule has 8 aromatic rings. The predicted molar refractivity (Wildman–Crippen MR) is 202 cm³/mol. The first kappa shape index (κ1) is 29.9. The maximum absolute atomic E-state index is 7.50. The highest BCUT2D eigenvalue weighted by Crippen LogP contribution is 2.42. The smallest absolute Gasteiger partial charge is 0.161 e. The standard InChI is InChI=1S/C41H29Cl2N5/c1-2-36(25-11-9-13-27(42)21-25)47-41(45,26-12-10-14-28(43)22-26)34-18-6-5-16-30(34)32-24-39-33(23-35(32)44)29-15-3-4-17-31(29)40-46-37-19-7-8-20-38(37)48(39)40/h2-24H,1,44-45H2. The first-order valence-corrected chi connectivity index (χ1v) is 16.3. The van der Waals surface area contributed by atoms with Gasteiger partial charge in [-0.1, -0.05) is 115 Å². The van der Waals surface area contributed by atoms with Crippen LogP contribution in [0.3, 0.4) is 0 Å². The number of anilines is 1. The Kier molecular flexibility index (Phi) is 7.26. The van der Waals surface area contributed by atoms with Gasteiger partial charge in [0.1, 0.15) is 5.65 Å². The van der Waals surface area contributed by atoms with Gasteiger partial charge in [-0.15, -0.1) is 0 Å². The Morgan fingerprint density at radius 1 is 0.708 bits per heavy atom. The van der Waals surface area contributed by atoms with E-state index in [1.165, 1.54) is 0 Å². The molecule has 0 spiro atoms. The number of benzene rings is 6. The van der Waals surface area contributed by atoms with Crippen molar-refractivity contribution in [1.82, 2.24) is 9.38 Å². The Balaban J connectivity index is 1.45. The van der Waals surface area contributed by atoms with Crippen molar-refractivity contribution in [2.75, 3.05) is 5.73 Å². The number of imidazole rings is 1. The normalized spacial score (nSPS) is 13.4. The number of fused-ring (bicyclic) bond motifs is 8. The Bertz CT molecular complexity index is 2600. The van der Waals surface area contributed by atoms with Gasteiger partial charge in [0.15, 0.2) is 5.66 Å². The van der Waals surface area contributed by atoms with Crippen molar-refractivity contribution < 1.29 is 0 Å². The fourth-order valence-electron chi connectivity index (χ4n) is 6.72. The Morgan fingerprint density at radius 2 is 1.42 bits per heavy atom. The SMILES string of the molecule is C=CC(=NC(N)(c1cccc(Cl)c1)c1ccccc1-c1cc2c(cc1N)c1ccccc1c1nc3ccccc3n21)c1cccc(Cl)c1. The maximum atomic E-state index is 7.50. The summed E-state index contributed by atoms with van der Waals surface area (Å²) >= 11 is 13.0. The lowest BCUT2D eigenvalue weighted by Gasteiger charge is -2.30. The molecule has 5 nitrogen and oxygen atoms in total. The highest BCUT2D eigenvalue weighted by Gasteiger charge is 2.33. The average Bonchev–Trinajstić information content (AvgIpc) is 3.51. The van der Waals surface area contributed by atoms with Crippen molar-refractivity contribution in [3.63, 3.8) is 0 Å². The highest BCUT2D eigenvalue weighted by molar-refractivity contribution is 6.31. The Hall–Kier alpha value is -5.46. The molecule has 0 fully saturated rings. The molecule has 0 saturated heterocycles. The second-order valence-corrected chi connectivity index (χ2v) is 12.7. The number of pyridine rings is 1. The van der Waals surface area contributed by atoms with Gasteiger partial charge in [0.2, 0.25) is 0 Å². The van der Waals surface area contributed by atoms with Crippen LogP contribution in [0.1, 0.15) is 16.7 Å². The summed E-state index contributed by atoms with van der Waals surface area (Å²) in [4.78, 5) is 10.3. The number of nitrogen functional groups attached to an aromatic ring is 1. The monoisotopic (exact) mass is 661 g/mol. The molecule has 2 heterocycles. The minimum Gasteiger partial charge on any atom is -0.398 e. The van der Waals surface area contributed by atoms with Crippen LogP contribution in [0, 0.1) is 0 Å². The van der Waals surface area contributed by atoms with E-state index in [-0.39, 0.29) is 0 Å². The third-order valence-corrected chi connectivity index (χ3v) is 9.40. The molecule has 0 radical (unpaired) electrons. The molecule has 0 amide bonds. The lowest BCUT2D eigenvalue weighted by atomic mass is 9.85. The number of para-hydroxylation sites is 2. The number of nitrogens with two attached hydrogens (primary N) is 2. The minimum absolute atomic E-state index is 0.546. The number of aliphatic imine (C=N–C) groups is 1. The molecule has 0 bridgehead atoms. The van der Waals surface area contributed by atoms with Crippen LogP contribution in [0.4, 0.5) is 5.69 Å². The number of hydrogen-bond acceptors (Lipinski definition) is 4. The molecule has 6 aromatic carbocycles. The van der Waals surface area contributed by atoms with E-state index in [9.17, 15) is 0 Å². The number of rotatable bonds is 6. The molecule has 0 aliphatic carbocycles. The van der Waals surface area contributed by atoms with Crippen LogP contribution in [-0.4, -0.2) is 15.1 Å². The van der Waals surface area contributed by atoms with Crippen LogP contribution in [0.15, 0.2) is 151 Å². The largest absolute Gasteiger partial charge is 0.398 e. The summed E-state index contributed by atoms with van der Waals surface area (Å²) in [5, 5.41) is 4.30. The maximum Gasteiger partial charge on any atom is 0.161 e. The number of allylic oxidation sites excluding steroid dienone is 1. The molecule has 2 aromatic heterocycles. The summed E-state index contributed by atoms with van der Waals surface area (Å²) < 4.78 is 2.22. The molecular formula is C41H29Cl2N5. The summed E-state index contributed by atoms with van der Waals surface area (Å²) in [5.41, 5.74) is 22.0. The number of halogens is 2. The van der Waals surface area contributed by atoms with Crippen molar-refractivity contribution in [3.8, 4) is 11.1 Å². The van der Waals surface area contributed by atoms with Crippen molar-refractivity contribution in [1.29, 1.82) is 0 Å². The van der Waals surface area contributed by atoms with Crippen molar-refractivity contribution in [3.05, 3.63) is 173 Å². The fourth-order valence-corrected chi connectivity index (χ4v) is 7.11. The van der Waals surface area contributed by atoms with E-state index in [0.717, 1.165) is 60.6 Å². The summed E-state index contributed by atoms with van der Waals surface area (Å²) in [6.45, 7) is 4.07. The molecule has 0 saturated carbocycles. The molecular weight excluding hydrogens is 633 g/mol. The zero-order valence-electron chi connectivity index (χ0n) is 25.7. The lowest BCUT2D eigenvalue weighted by molar-refractivity contribution is 0.574. The molecule has 0 aliphatic rings. The quantitative estimate of drug-likeness (QED) is 0.106. The zero-order chi connectivity index (χ0) is 33.0. The molecule has 0 aliphatic heterocycles. The van der Waals surface area contributed by atoms with Gasteiger partial charge in [0.25, 0.3) is 0 Å². The molecule has 232 valence electrons. The van der Waals surface area contributed by atoms with E-state index in [2.05, 4.69) is 41.3 Å². The predicted octanol–water partition coefficient (Wildman–Crippen LogP) is 10.2. The van der Waals surface area contributed by atoms with Gasteiger partial charge in [-0.3, -0.25) is 15.1 Å². The summed E-state index contributed by atoms with van der Waals surface area (Å²) in [6.07, 6.45) is 1.69. The average molecular weight is 663 g/mol. The van der Waals surface area contributed by atoms with Crippen molar-refractivity contribution >= 4 is 73.0 Å². The van der Waals surface area contributed by atoms with Crippen molar-refractivity contribution in [2.24, 2.45) is 10.7 Å². The highest BCUT2D eigenvalue weighted by atomic mass is 35.5. The zero-order valence-corrected chi connectivity index (χ0v) is 27.3. The number of aromatic nitrogens is 2. The third kappa shape index (κ3) is 4.83. The Morgan fingerprint density at radius 3 is 2.21 bits per heavy atom. The van der Waals surface area contributed by atoms with E-state index in [4.69, 9.17) is 44.6 Å². The van der Waals surface area contributed by atoms with Gasteiger partial charge in [0, 0.05) is 43.2 Å². The molecule has 1 atom stereocenters. The Labute approximate surface area is 287 Å². The first-order chi connectivity index (χ1) is 23.4. The van der Waals surface area contributed by atoms with Crippen LogP contribution in [0.2, 0.25) is 10.0 Å². The van der Waals surface area contributed by atoms with Crippen LogP contribution in [-0.2, 0) is 5.66 Å². The van der Waals surface area contributed by atoms with E-state index in [0.29, 0.717) is 27.0 Å². The van der Waals surface area contributed by atoms with Gasteiger partial charge < -0.3 is 5.73 Å². The van der Waals surface area contributed by atoms with E-state index >= 15 is 0 Å². The second-order valence-electron chi connectivity index (χ2n) is 11.8. The van der Waals surface area contributed by atoms with E-state index in [1.807, 2.05) is 103 Å². The number of nitrogens with zero attached hydrogens (tertiary/aromatic N) is 3. The summed E-state index contributed by atoms with van der Waals surface area (Å²) in [5.74, 6) is 0.